The van der Waals surface area contributed by atoms with Crippen LogP contribution in [0, 0.1) is 0 Å². The van der Waals surface area contributed by atoms with Gasteiger partial charge in [-0.25, -0.2) is 14.2 Å². The molecule has 0 saturated carbocycles. The standard InChI is InChI=1S/C17H15BrF4N2O4/c1-26-12-3-2-10(6-11(12)8-27-9-17(21,22)16(19)20)7-23-24-15(25)13-4-5-14(18)28-13/h2-7,16H,8-9H2,1H3,(H,24,25). The van der Waals surface area contributed by atoms with Crippen LogP contribution in [0.5, 0.6) is 5.75 Å². The zero-order valence-electron chi connectivity index (χ0n) is 14.4. The number of benzene rings is 1. The van der Waals surface area contributed by atoms with Crippen molar-refractivity contribution in [3.05, 3.63) is 51.9 Å². The van der Waals surface area contributed by atoms with Gasteiger partial charge in [0.2, 0.25) is 0 Å². The van der Waals surface area contributed by atoms with Crippen LogP contribution in [0.4, 0.5) is 17.6 Å². The van der Waals surface area contributed by atoms with Crippen molar-refractivity contribution in [3.63, 3.8) is 0 Å². The van der Waals surface area contributed by atoms with Crippen LogP contribution in [-0.4, -0.2) is 38.2 Å². The van der Waals surface area contributed by atoms with E-state index in [0.29, 0.717) is 21.5 Å². The van der Waals surface area contributed by atoms with Gasteiger partial charge in [0.25, 0.3) is 0 Å². The number of nitrogens with one attached hydrogen (secondary N) is 1. The van der Waals surface area contributed by atoms with Crippen LogP contribution in [0.15, 0.2) is 44.5 Å². The number of rotatable bonds is 9. The van der Waals surface area contributed by atoms with E-state index < -0.39 is 24.9 Å². The van der Waals surface area contributed by atoms with E-state index in [1.807, 2.05) is 0 Å². The zero-order valence-corrected chi connectivity index (χ0v) is 16.0. The van der Waals surface area contributed by atoms with E-state index in [-0.39, 0.29) is 12.4 Å². The van der Waals surface area contributed by atoms with E-state index in [1.54, 1.807) is 12.1 Å². The van der Waals surface area contributed by atoms with Crippen LogP contribution < -0.4 is 10.2 Å². The summed E-state index contributed by atoms with van der Waals surface area (Å²) in [6, 6.07) is 7.61. The summed E-state index contributed by atoms with van der Waals surface area (Å²) in [5.74, 6) is -4.44. The lowest BCUT2D eigenvalue weighted by Gasteiger charge is -2.16. The van der Waals surface area contributed by atoms with Gasteiger partial charge in [-0.2, -0.15) is 13.9 Å². The predicted octanol–water partition coefficient (Wildman–Crippen LogP) is 4.23. The smallest absolute Gasteiger partial charge is 0.330 e. The number of hydrogen-bond acceptors (Lipinski definition) is 5. The minimum atomic E-state index is -4.24. The molecule has 0 spiro atoms. The highest BCUT2D eigenvalue weighted by molar-refractivity contribution is 9.10. The van der Waals surface area contributed by atoms with Gasteiger partial charge in [-0.05, 0) is 51.8 Å². The fourth-order valence-corrected chi connectivity index (χ4v) is 2.32. The first-order valence-electron chi connectivity index (χ1n) is 7.72. The Morgan fingerprint density at radius 2 is 2.11 bits per heavy atom. The van der Waals surface area contributed by atoms with E-state index in [4.69, 9.17) is 13.9 Å². The average Bonchev–Trinajstić information content (AvgIpc) is 3.08. The molecule has 1 aromatic carbocycles. The molecule has 0 radical (unpaired) electrons. The molecule has 1 N–H and O–H groups in total. The van der Waals surface area contributed by atoms with Crippen LogP contribution in [0.1, 0.15) is 21.7 Å². The maximum absolute atomic E-state index is 12.9. The number of hydrazone groups is 1. The molecule has 11 heteroatoms. The summed E-state index contributed by atoms with van der Waals surface area (Å²) in [4.78, 5) is 11.8. The lowest BCUT2D eigenvalue weighted by molar-refractivity contribution is -0.168. The number of hydrogen-bond donors (Lipinski definition) is 1. The van der Waals surface area contributed by atoms with Crippen LogP contribution in [-0.2, 0) is 11.3 Å². The number of furan rings is 1. The molecule has 0 fully saturated rings. The Morgan fingerprint density at radius 3 is 2.71 bits per heavy atom. The second kappa shape index (κ2) is 9.69. The average molecular weight is 467 g/mol. The molecule has 1 amide bonds. The summed E-state index contributed by atoms with van der Waals surface area (Å²) >= 11 is 3.07. The third-order valence-corrected chi connectivity index (χ3v) is 3.78. The Morgan fingerprint density at radius 1 is 1.36 bits per heavy atom. The first-order valence-corrected chi connectivity index (χ1v) is 8.51. The number of alkyl halides is 4. The zero-order chi connectivity index (χ0) is 20.7. The summed E-state index contributed by atoms with van der Waals surface area (Å²) in [5.41, 5.74) is 3.09. The van der Waals surface area contributed by atoms with Gasteiger partial charge in [0.1, 0.15) is 12.4 Å². The van der Waals surface area contributed by atoms with Gasteiger partial charge >= 0.3 is 18.3 Å². The van der Waals surface area contributed by atoms with Crippen molar-refractivity contribution in [2.75, 3.05) is 13.7 Å². The molecule has 0 bridgehead atoms. The first kappa shape index (κ1) is 21.9. The minimum Gasteiger partial charge on any atom is -0.496 e. The summed E-state index contributed by atoms with van der Waals surface area (Å²) in [5, 5.41) is 3.77. The monoisotopic (exact) mass is 466 g/mol. The maximum Gasteiger partial charge on any atom is 0.330 e. The highest BCUT2D eigenvalue weighted by Crippen LogP contribution is 2.25. The van der Waals surface area contributed by atoms with Crippen molar-refractivity contribution >= 4 is 28.1 Å². The van der Waals surface area contributed by atoms with Crippen LogP contribution in [0.2, 0.25) is 0 Å². The van der Waals surface area contributed by atoms with Crippen molar-refractivity contribution in [3.8, 4) is 5.75 Å². The van der Waals surface area contributed by atoms with E-state index in [9.17, 15) is 22.4 Å². The number of halogens is 5. The van der Waals surface area contributed by atoms with Crippen molar-refractivity contribution in [1.29, 1.82) is 0 Å². The van der Waals surface area contributed by atoms with Crippen molar-refractivity contribution in [2.24, 2.45) is 5.10 Å². The molecule has 2 rings (SSSR count). The van der Waals surface area contributed by atoms with Crippen LogP contribution in [0.25, 0.3) is 0 Å². The van der Waals surface area contributed by atoms with Gasteiger partial charge in [-0.3, -0.25) is 4.79 Å². The van der Waals surface area contributed by atoms with Gasteiger partial charge < -0.3 is 13.9 Å². The first-order chi connectivity index (χ1) is 13.2. The number of carbonyl (C=O) groups is 1. The second-order valence-corrected chi connectivity index (χ2v) is 6.21. The Labute approximate surface area is 165 Å². The summed E-state index contributed by atoms with van der Waals surface area (Å²) in [6.45, 7) is -1.80. The third-order valence-electron chi connectivity index (χ3n) is 3.35. The second-order valence-electron chi connectivity index (χ2n) is 5.43. The summed E-state index contributed by atoms with van der Waals surface area (Å²) < 4.78 is 65.4. The molecule has 152 valence electrons. The summed E-state index contributed by atoms with van der Waals surface area (Å²) in [7, 11) is 1.36. The Balaban J connectivity index is 2.00. The molecule has 2 aromatic rings. The molecule has 0 saturated heterocycles. The van der Waals surface area contributed by atoms with Gasteiger partial charge in [-0.1, -0.05) is 0 Å². The maximum atomic E-state index is 12.9. The Hall–Kier alpha value is -2.40. The highest BCUT2D eigenvalue weighted by atomic mass is 79.9. The van der Waals surface area contributed by atoms with E-state index in [0.717, 1.165) is 0 Å². The van der Waals surface area contributed by atoms with Crippen LogP contribution >= 0.6 is 15.9 Å². The fourth-order valence-electron chi connectivity index (χ4n) is 2.01. The molecule has 0 unspecified atom stereocenters. The molecule has 6 nitrogen and oxygen atoms in total. The van der Waals surface area contributed by atoms with Crippen molar-refractivity contribution in [1.82, 2.24) is 5.43 Å². The van der Waals surface area contributed by atoms with Crippen LogP contribution in [0.3, 0.4) is 0 Å². The number of ether oxygens (including phenoxy) is 2. The highest BCUT2D eigenvalue weighted by Gasteiger charge is 2.40. The topological polar surface area (TPSA) is 73.1 Å². The van der Waals surface area contributed by atoms with Crippen molar-refractivity contribution in [2.45, 2.75) is 19.0 Å². The quantitative estimate of drug-likeness (QED) is 0.341. The molecule has 0 aliphatic carbocycles. The normalized spacial score (nSPS) is 12.0. The van der Waals surface area contributed by atoms with Gasteiger partial charge in [0, 0.05) is 5.56 Å². The van der Waals surface area contributed by atoms with E-state index in [2.05, 4.69) is 26.5 Å². The SMILES string of the molecule is COc1ccc(C=NNC(=O)c2ccc(Br)o2)cc1COCC(F)(F)C(F)F. The molecular weight excluding hydrogens is 452 g/mol. The minimum absolute atomic E-state index is 0.0489. The largest absolute Gasteiger partial charge is 0.496 e. The number of methoxy groups -OCH3 is 1. The molecule has 0 aliphatic rings. The predicted molar refractivity (Wildman–Crippen MR) is 95.1 cm³/mol. The van der Waals surface area contributed by atoms with Gasteiger partial charge in [0.15, 0.2) is 10.4 Å². The summed E-state index contributed by atoms with van der Waals surface area (Å²) in [6.07, 6.45) is -2.52. The molecule has 1 aromatic heterocycles. The Kier molecular flexibility index (Phi) is 7.58. The van der Waals surface area contributed by atoms with E-state index in [1.165, 1.54) is 31.5 Å². The molecule has 1 heterocycles. The molecule has 0 atom stereocenters. The third kappa shape index (κ3) is 6.06. The molecule has 0 aliphatic heterocycles. The van der Waals surface area contributed by atoms with E-state index >= 15 is 0 Å². The number of nitrogens with zero attached hydrogens (tertiary/aromatic N) is 1. The van der Waals surface area contributed by atoms with Gasteiger partial charge in [-0.15, -0.1) is 0 Å². The molecular formula is C17H15BrF4N2O4. The molecule has 28 heavy (non-hydrogen) atoms. The lowest BCUT2D eigenvalue weighted by Crippen LogP contribution is -2.32. The lowest BCUT2D eigenvalue weighted by atomic mass is 10.1. The fraction of sp³-hybridized carbons (Fsp3) is 0.294. The van der Waals surface area contributed by atoms with Crippen molar-refractivity contribution < 1.29 is 36.2 Å². The Bertz CT molecular complexity index is 842. The van der Waals surface area contributed by atoms with Gasteiger partial charge in [0.05, 0.1) is 19.9 Å². The number of carbonyl (C=O) groups excluding carboxylic acids is 1. The number of amides is 1.